The Balaban J connectivity index is 2.15. The minimum absolute atomic E-state index is 0.222. The summed E-state index contributed by atoms with van der Waals surface area (Å²) >= 11 is 0. The lowest BCUT2D eigenvalue weighted by Crippen LogP contribution is -2.31. The van der Waals surface area contributed by atoms with E-state index in [-0.39, 0.29) is 5.91 Å². The molecule has 1 amide bonds. The van der Waals surface area contributed by atoms with Crippen molar-refractivity contribution >= 4 is 5.91 Å². The molecule has 0 saturated heterocycles. The van der Waals surface area contributed by atoms with Crippen molar-refractivity contribution in [2.75, 3.05) is 7.05 Å². The van der Waals surface area contributed by atoms with E-state index in [4.69, 9.17) is 5.84 Å². The number of amides is 1. The molecule has 1 aliphatic rings. The lowest BCUT2D eigenvalue weighted by Gasteiger charge is -2.17. The van der Waals surface area contributed by atoms with Crippen LogP contribution in [0.25, 0.3) is 0 Å². The van der Waals surface area contributed by atoms with Gasteiger partial charge < -0.3 is 0 Å². The molecule has 4 heteroatoms. The van der Waals surface area contributed by atoms with Crippen molar-refractivity contribution in [3.8, 4) is 0 Å². The number of nitrogen functional groups attached to an aromatic ring is 1. The molecule has 2 rings (SSSR count). The molecule has 1 saturated carbocycles. The van der Waals surface area contributed by atoms with Crippen LogP contribution in [0.4, 0.5) is 0 Å². The molecule has 16 heavy (non-hydrogen) atoms. The molecular weight excluding hydrogens is 202 g/mol. The fourth-order valence-electron chi connectivity index (χ4n) is 1.87. The molecule has 0 atom stereocenters. The third-order valence-electron chi connectivity index (χ3n) is 2.98. The Morgan fingerprint density at radius 2 is 2.19 bits per heavy atom. The minimum Gasteiger partial charge on any atom is -0.299 e. The quantitative estimate of drug-likeness (QED) is 0.449. The molecule has 0 aromatic heterocycles. The van der Waals surface area contributed by atoms with E-state index in [0.29, 0.717) is 11.6 Å². The van der Waals surface area contributed by atoms with Crippen LogP contribution in [0.3, 0.4) is 0 Å². The molecule has 0 unspecified atom stereocenters. The van der Waals surface area contributed by atoms with E-state index in [9.17, 15) is 4.79 Å². The maximum atomic E-state index is 11.5. The van der Waals surface area contributed by atoms with Gasteiger partial charge in [0.2, 0.25) is 0 Å². The third kappa shape index (κ3) is 2.40. The molecule has 86 valence electrons. The monoisotopic (exact) mass is 219 g/mol. The number of nitrogens with one attached hydrogen (secondary N) is 1. The highest BCUT2D eigenvalue weighted by molar-refractivity contribution is 5.95. The molecule has 1 aliphatic carbocycles. The van der Waals surface area contributed by atoms with E-state index in [1.165, 1.54) is 12.8 Å². The van der Waals surface area contributed by atoms with Crippen molar-refractivity contribution in [3.63, 3.8) is 0 Å². The SMILES string of the molecule is CN(Cc1ccccc1C(=O)NN)C1CC1. The van der Waals surface area contributed by atoms with Gasteiger partial charge in [0.25, 0.3) is 5.91 Å². The Kier molecular flexibility index (Phi) is 3.22. The Bertz CT molecular complexity index is 388. The Morgan fingerprint density at radius 3 is 2.81 bits per heavy atom. The summed E-state index contributed by atoms with van der Waals surface area (Å²) in [6, 6.07) is 8.27. The zero-order chi connectivity index (χ0) is 11.5. The number of nitrogens with two attached hydrogens (primary N) is 1. The molecular formula is C12H17N3O. The standard InChI is InChI=1S/C12H17N3O/c1-15(10-6-7-10)8-9-4-2-3-5-11(9)12(16)14-13/h2-5,10H,6-8,13H2,1H3,(H,14,16). The van der Waals surface area contributed by atoms with Crippen LogP contribution in [0.2, 0.25) is 0 Å². The van der Waals surface area contributed by atoms with Gasteiger partial charge in [-0.25, -0.2) is 5.84 Å². The number of rotatable bonds is 4. The molecule has 0 heterocycles. The lowest BCUT2D eigenvalue weighted by atomic mass is 10.1. The van der Waals surface area contributed by atoms with Crippen LogP contribution in [0.5, 0.6) is 0 Å². The van der Waals surface area contributed by atoms with Gasteiger partial charge in [0, 0.05) is 18.2 Å². The van der Waals surface area contributed by atoms with Crippen LogP contribution < -0.4 is 11.3 Å². The van der Waals surface area contributed by atoms with Crippen LogP contribution in [0.1, 0.15) is 28.8 Å². The number of hydrogen-bond acceptors (Lipinski definition) is 3. The van der Waals surface area contributed by atoms with E-state index < -0.39 is 0 Å². The fourth-order valence-corrected chi connectivity index (χ4v) is 1.87. The highest BCUT2D eigenvalue weighted by Gasteiger charge is 2.26. The zero-order valence-corrected chi connectivity index (χ0v) is 9.44. The molecule has 0 spiro atoms. The first-order valence-electron chi connectivity index (χ1n) is 5.51. The van der Waals surface area contributed by atoms with Gasteiger partial charge in [-0.1, -0.05) is 18.2 Å². The number of benzene rings is 1. The van der Waals surface area contributed by atoms with Gasteiger partial charge in [0.1, 0.15) is 0 Å². The number of nitrogens with zero attached hydrogens (tertiary/aromatic N) is 1. The number of carbonyl (C=O) groups excluding carboxylic acids is 1. The van der Waals surface area contributed by atoms with Crippen molar-refractivity contribution in [2.45, 2.75) is 25.4 Å². The summed E-state index contributed by atoms with van der Waals surface area (Å²) in [4.78, 5) is 13.8. The molecule has 3 N–H and O–H groups in total. The average Bonchev–Trinajstić information content (AvgIpc) is 3.12. The van der Waals surface area contributed by atoms with Crippen LogP contribution in [0.15, 0.2) is 24.3 Å². The predicted octanol–water partition coefficient (Wildman–Crippen LogP) is 0.884. The Morgan fingerprint density at radius 1 is 1.50 bits per heavy atom. The summed E-state index contributed by atoms with van der Waals surface area (Å²) in [5.41, 5.74) is 3.87. The molecule has 1 aromatic carbocycles. The van der Waals surface area contributed by atoms with Crippen LogP contribution >= 0.6 is 0 Å². The van der Waals surface area contributed by atoms with Crippen LogP contribution in [-0.2, 0) is 6.54 Å². The van der Waals surface area contributed by atoms with Crippen molar-refractivity contribution in [1.29, 1.82) is 0 Å². The smallest absolute Gasteiger partial charge is 0.265 e. The van der Waals surface area contributed by atoms with Crippen LogP contribution in [0, 0.1) is 0 Å². The maximum absolute atomic E-state index is 11.5. The first-order chi connectivity index (χ1) is 7.72. The molecule has 4 nitrogen and oxygen atoms in total. The van der Waals surface area contributed by atoms with Crippen molar-refractivity contribution in [3.05, 3.63) is 35.4 Å². The lowest BCUT2D eigenvalue weighted by molar-refractivity contribution is 0.0951. The fraction of sp³-hybridized carbons (Fsp3) is 0.417. The Labute approximate surface area is 95.4 Å². The summed E-state index contributed by atoms with van der Waals surface area (Å²) in [5.74, 6) is 4.94. The summed E-state index contributed by atoms with van der Waals surface area (Å²) in [7, 11) is 2.09. The molecule has 0 aliphatic heterocycles. The normalized spacial score (nSPS) is 15.2. The van der Waals surface area contributed by atoms with Gasteiger partial charge in [-0.15, -0.1) is 0 Å². The molecule has 0 bridgehead atoms. The topological polar surface area (TPSA) is 58.4 Å². The van der Waals surface area contributed by atoms with E-state index in [2.05, 4.69) is 17.4 Å². The number of hydrazine groups is 1. The molecule has 1 aromatic rings. The van der Waals surface area contributed by atoms with Gasteiger partial charge in [-0.3, -0.25) is 15.1 Å². The first kappa shape index (κ1) is 11.1. The third-order valence-corrected chi connectivity index (χ3v) is 2.98. The summed E-state index contributed by atoms with van der Waals surface area (Å²) < 4.78 is 0. The second kappa shape index (κ2) is 4.63. The Hall–Kier alpha value is -1.39. The van der Waals surface area contributed by atoms with E-state index >= 15 is 0 Å². The predicted molar refractivity (Wildman–Crippen MR) is 62.6 cm³/mol. The molecule has 0 radical (unpaired) electrons. The van der Waals surface area contributed by atoms with Crippen molar-refractivity contribution < 1.29 is 4.79 Å². The maximum Gasteiger partial charge on any atom is 0.265 e. The first-order valence-corrected chi connectivity index (χ1v) is 5.51. The van der Waals surface area contributed by atoms with Gasteiger partial charge in [0.05, 0.1) is 0 Å². The molecule has 1 fully saturated rings. The summed E-state index contributed by atoms with van der Waals surface area (Å²) in [6.07, 6.45) is 2.53. The second-order valence-electron chi connectivity index (χ2n) is 4.28. The van der Waals surface area contributed by atoms with E-state index in [0.717, 1.165) is 12.1 Å². The zero-order valence-electron chi connectivity index (χ0n) is 9.44. The van der Waals surface area contributed by atoms with Gasteiger partial charge in [0.15, 0.2) is 0 Å². The van der Waals surface area contributed by atoms with Gasteiger partial charge >= 0.3 is 0 Å². The van der Waals surface area contributed by atoms with Gasteiger partial charge in [-0.05, 0) is 31.5 Å². The van der Waals surface area contributed by atoms with Gasteiger partial charge in [-0.2, -0.15) is 0 Å². The number of hydrogen-bond donors (Lipinski definition) is 2. The summed E-state index contributed by atoms with van der Waals surface area (Å²) in [5, 5.41) is 0. The van der Waals surface area contributed by atoms with E-state index in [1.54, 1.807) is 6.07 Å². The second-order valence-corrected chi connectivity index (χ2v) is 4.28. The van der Waals surface area contributed by atoms with Crippen molar-refractivity contribution in [2.24, 2.45) is 5.84 Å². The van der Waals surface area contributed by atoms with Crippen molar-refractivity contribution in [1.82, 2.24) is 10.3 Å². The highest BCUT2D eigenvalue weighted by atomic mass is 16.2. The average molecular weight is 219 g/mol. The minimum atomic E-state index is -0.222. The number of carbonyl (C=O) groups is 1. The summed E-state index contributed by atoms with van der Waals surface area (Å²) in [6.45, 7) is 0.800. The van der Waals surface area contributed by atoms with Crippen LogP contribution in [-0.4, -0.2) is 23.9 Å². The largest absolute Gasteiger partial charge is 0.299 e. The highest BCUT2D eigenvalue weighted by Crippen LogP contribution is 2.27. The van der Waals surface area contributed by atoms with E-state index in [1.807, 2.05) is 18.2 Å².